The molecule has 2 amide bonds. The molecule has 0 radical (unpaired) electrons. The molecule has 2 aliphatic rings. The molecule has 1 saturated carbocycles. The first-order valence-corrected chi connectivity index (χ1v) is 7.15. The van der Waals surface area contributed by atoms with E-state index in [-0.39, 0.29) is 0 Å². The number of rotatable bonds is 6. The molecule has 1 saturated heterocycles. The fourth-order valence-corrected chi connectivity index (χ4v) is 2.51. The van der Waals surface area contributed by atoms with Crippen LogP contribution in [-0.2, 0) is 9.59 Å². The van der Waals surface area contributed by atoms with Crippen LogP contribution < -0.4 is 0 Å². The van der Waals surface area contributed by atoms with Gasteiger partial charge in [-0.05, 0) is 18.8 Å². The third kappa shape index (κ3) is 4.89. The van der Waals surface area contributed by atoms with E-state index >= 15 is 0 Å². The second-order valence-corrected chi connectivity index (χ2v) is 5.66. The van der Waals surface area contributed by atoms with Crippen LogP contribution in [0.1, 0.15) is 12.8 Å². The largest absolute Gasteiger partial charge is 0.480 e. The molecule has 0 aromatic heterocycles. The van der Waals surface area contributed by atoms with Crippen LogP contribution in [0, 0.1) is 5.92 Å². The lowest BCUT2D eigenvalue weighted by molar-refractivity contribution is -0.140. The van der Waals surface area contributed by atoms with Gasteiger partial charge in [0.05, 0.1) is 0 Å². The highest BCUT2D eigenvalue weighted by molar-refractivity contribution is 5.84. The van der Waals surface area contributed by atoms with Crippen molar-refractivity contribution in [3.05, 3.63) is 0 Å². The van der Waals surface area contributed by atoms with Gasteiger partial charge in [-0.2, -0.15) is 0 Å². The van der Waals surface area contributed by atoms with Crippen molar-refractivity contribution in [3.63, 3.8) is 0 Å². The summed E-state index contributed by atoms with van der Waals surface area (Å²) >= 11 is 0. The minimum Gasteiger partial charge on any atom is -0.480 e. The lowest BCUT2D eigenvalue weighted by atomic mass is 10.3. The van der Waals surface area contributed by atoms with Gasteiger partial charge in [-0.25, -0.2) is 4.79 Å². The number of hydrogen-bond donors (Lipinski definition) is 2. The van der Waals surface area contributed by atoms with Crippen LogP contribution in [0.4, 0.5) is 4.79 Å². The third-order valence-electron chi connectivity index (χ3n) is 3.78. The maximum Gasteiger partial charge on any atom is 0.323 e. The molecule has 1 aliphatic heterocycles. The topological polar surface area (TPSA) is 101 Å². The minimum atomic E-state index is -1.21. The number of carboxylic acids is 2. The fraction of sp³-hybridized carbons (Fsp3) is 0.769. The number of urea groups is 1. The smallest absolute Gasteiger partial charge is 0.323 e. The lowest BCUT2D eigenvalue weighted by Gasteiger charge is -2.36. The Bertz CT molecular complexity index is 400. The molecule has 0 unspecified atom stereocenters. The van der Waals surface area contributed by atoms with Crippen LogP contribution >= 0.6 is 0 Å². The van der Waals surface area contributed by atoms with E-state index in [1.165, 1.54) is 17.7 Å². The van der Waals surface area contributed by atoms with Gasteiger partial charge in [0.25, 0.3) is 0 Å². The van der Waals surface area contributed by atoms with E-state index in [1.54, 1.807) is 0 Å². The van der Waals surface area contributed by atoms with E-state index in [4.69, 9.17) is 10.2 Å². The number of amides is 2. The van der Waals surface area contributed by atoms with Gasteiger partial charge in [0.15, 0.2) is 0 Å². The number of piperazine rings is 1. The molecule has 0 atom stereocenters. The highest BCUT2D eigenvalue weighted by Crippen LogP contribution is 2.29. The van der Waals surface area contributed by atoms with Gasteiger partial charge in [0.2, 0.25) is 0 Å². The van der Waals surface area contributed by atoms with E-state index < -0.39 is 31.1 Å². The Balaban J connectivity index is 1.84. The Morgan fingerprint density at radius 1 is 0.952 bits per heavy atom. The standard InChI is InChI=1S/C13H21N3O5/c17-11(18)8-16(9-12(19)20)13(21)15-5-3-14(4-6-15)7-10-1-2-10/h10H,1-9H2,(H,17,18)(H,19,20). The minimum absolute atomic E-state index is 0.508. The summed E-state index contributed by atoms with van der Waals surface area (Å²) in [6.45, 7) is 2.44. The van der Waals surface area contributed by atoms with Gasteiger partial charge in [-0.1, -0.05) is 0 Å². The molecule has 2 rings (SSSR count). The fourth-order valence-electron chi connectivity index (χ4n) is 2.51. The van der Waals surface area contributed by atoms with Crippen molar-refractivity contribution in [3.8, 4) is 0 Å². The quantitative estimate of drug-likeness (QED) is 0.692. The first kappa shape index (κ1) is 15.6. The molecule has 0 bridgehead atoms. The first-order valence-electron chi connectivity index (χ1n) is 7.15. The number of carbonyl (C=O) groups is 3. The zero-order chi connectivity index (χ0) is 15.4. The third-order valence-corrected chi connectivity index (χ3v) is 3.78. The molecule has 2 fully saturated rings. The SMILES string of the molecule is O=C(O)CN(CC(=O)O)C(=O)N1CCN(CC2CC2)CC1. The summed E-state index contributed by atoms with van der Waals surface area (Å²) in [5, 5.41) is 17.6. The van der Waals surface area contributed by atoms with Gasteiger partial charge in [0.1, 0.15) is 13.1 Å². The van der Waals surface area contributed by atoms with E-state index in [2.05, 4.69) is 4.90 Å². The summed E-state index contributed by atoms with van der Waals surface area (Å²) in [6, 6.07) is -0.508. The predicted molar refractivity (Wildman–Crippen MR) is 73.0 cm³/mol. The number of hydrogen-bond acceptors (Lipinski definition) is 4. The number of carboxylic acid groups (broad SMARTS) is 2. The van der Waals surface area contributed by atoms with E-state index in [1.807, 2.05) is 0 Å². The average Bonchev–Trinajstić information content (AvgIpc) is 3.21. The van der Waals surface area contributed by atoms with Crippen LogP contribution in [-0.4, -0.2) is 88.7 Å². The van der Waals surface area contributed by atoms with Crippen LogP contribution in [0.15, 0.2) is 0 Å². The van der Waals surface area contributed by atoms with Crippen molar-refractivity contribution >= 4 is 18.0 Å². The summed E-state index contributed by atoms with van der Waals surface area (Å²) in [5.74, 6) is -1.63. The molecule has 21 heavy (non-hydrogen) atoms. The maximum absolute atomic E-state index is 12.2. The zero-order valence-corrected chi connectivity index (χ0v) is 11.9. The van der Waals surface area contributed by atoms with Crippen molar-refractivity contribution in [2.45, 2.75) is 12.8 Å². The molecule has 1 aliphatic carbocycles. The Labute approximate surface area is 122 Å². The highest BCUT2D eigenvalue weighted by atomic mass is 16.4. The van der Waals surface area contributed by atoms with Crippen LogP contribution in [0.25, 0.3) is 0 Å². The monoisotopic (exact) mass is 299 g/mol. The highest BCUT2D eigenvalue weighted by Gasteiger charge is 2.30. The lowest BCUT2D eigenvalue weighted by Crippen LogP contribution is -2.54. The Morgan fingerprint density at radius 3 is 1.90 bits per heavy atom. The summed E-state index contributed by atoms with van der Waals surface area (Å²) in [7, 11) is 0. The Hall–Kier alpha value is -1.83. The van der Waals surface area contributed by atoms with Crippen LogP contribution in [0.3, 0.4) is 0 Å². The van der Waals surface area contributed by atoms with Crippen molar-refractivity contribution in [1.82, 2.24) is 14.7 Å². The molecule has 8 heteroatoms. The molecule has 0 spiro atoms. The molecule has 0 aromatic carbocycles. The van der Waals surface area contributed by atoms with Gasteiger partial charge in [0, 0.05) is 32.7 Å². The maximum atomic E-state index is 12.2. The van der Waals surface area contributed by atoms with Gasteiger partial charge in [-0.3, -0.25) is 14.5 Å². The molecule has 8 nitrogen and oxygen atoms in total. The second kappa shape index (κ2) is 6.75. The normalized spacial score (nSPS) is 19.3. The van der Waals surface area contributed by atoms with Crippen molar-refractivity contribution in [1.29, 1.82) is 0 Å². The average molecular weight is 299 g/mol. The number of aliphatic carboxylic acids is 2. The van der Waals surface area contributed by atoms with Gasteiger partial charge in [-0.15, -0.1) is 0 Å². The van der Waals surface area contributed by atoms with Crippen LogP contribution in [0.2, 0.25) is 0 Å². The molecule has 118 valence electrons. The van der Waals surface area contributed by atoms with Crippen molar-refractivity contribution in [2.24, 2.45) is 5.92 Å². The second-order valence-electron chi connectivity index (χ2n) is 5.66. The molecule has 0 aromatic rings. The molecular formula is C13H21N3O5. The van der Waals surface area contributed by atoms with Crippen molar-refractivity contribution in [2.75, 3.05) is 45.8 Å². The van der Waals surface area contributed by atoms with Crippen LogP contribution in [0.5, 0.6) is 0 Å². The van der Waals surface area contributed by atoms with E-state index in [9.17, 15) is 14.4 Å². The van der Waals surface area contributed by atoms with Gasteiger partial charge < -0.3 is 20.0 Å². The van der Waals surface area contributed by atoms with E-state index in [0.29, 0.717) is 13.1 Å². The zero-order valence-electron chi connectivity index (χ0n) is 11.9. The number of carbonyl (C=O) groups excluding carboxylic acids is 1. The molecule has 2 N–H and O–H groups in total. The summed E-state index contributed by atoms with van der Waals surface area (Å²) in [6.07, 6.45) is 2.56. The Kier molecular flexibility index (Phi) is 5.00. The predicted octanol–water partition coefficient (Wildman–Crippen LogP) is -0.395. The molecule has 1 heterocycles. The summed E-state index contributed by atoms with van der Waals surface area (Å²) in [5.41, 5.74) is 0. The molecular weight excluding hydrogens is 278 g/mol. The first-order chi connectivity index (χ1) is 9.95. The van der Waals surface area contributed by atoms with Crippen molar-refractivity contribution < 1.29 is 24.6 Å². The summed E-state index contributed by atoms with van der Waals surface area (Å²) in [4.78, 5) is 38.4. The van der Waals surface area contributed by atoms with Gasteiger partial charge >= 0.3 is 18.0 Å². The Morgan fingerprint density at radius 2 is 1.48 bits per heavy atom. The van der Waals surface area contributed by atoms with E-state index in [0.717, 1.165) is 30.5 Å². The number of nitrogens with zero attached hydrogens (tertiary/aromatic N) is 3. The summed E-state index contributed by atoms with van der Waals surface area (Å²) < 4.78 is 0.